The van der Waals surface area contributed by atoms with Gasteiger partial charge in [-0.15, -0.1) is 0 Å². The lowest BCUT2D eigenvalue weighted by molar-refractivity contribution is 0.0998. The minimum absolute atomic E-state index is 0.0741. The van der Waals surface area contributed by atoms with Crippen molar-refractivity contribution in [1.82, 2.24) is 15.2 Å². The molecule has 0 fully saturated rings. The Kier molecular flexibility index (Phi) is 3.84. The maximum atomic E-state index is 10.6. The molecule has 2 rings (SSSR count). The summed E-state index contributed by atoms with van der Waals surface area (Å²) >= 11 is 0. The van der Waals surface area contributed by atoms with Crippen LogP contribution in [-0.4, -0.2) is 26.2 Å². The maximum absolute atomic E-state index is 10.6. The summed E-state index contributed by atoms with van der Waals surface area (Å²) in [4.78, 5) is 23.6. The number of amides is 1. The van der Waals surface area contributed by atoms with E-state index in [1.165, 1.54) is 12.3 Å². The van der Waals surface area contributed by atoms with Crippen molar-refractivity contribution in [3.05, 3.63) is 46.5 Å². The van der Waals surface area contributed by atoms with E-state index < -0.39 is 11.5 Å². The average Bonchev–Trinajstić information content (AvgIpc) is 2.70. The van der Waals surface area contributed by atoms with Gasteiger partial charge in [0.25, 0.3) is 11.5 Å². The van der Waals surface area contributed by atoms with Crippen LogP contribution in [0, 0.1) is 0 Å². The van der Waals surface area contributed by atoms with Crippen LogP contribution in [0.15, 0.2) is 35.4 Å². The molecule has 0 bridgehead atoms. The van der Waals surface area contributed by atoms with Gasteiger partial charge in [-0.1, -0.05) is 0 Å². The summed E-state index contributed by atoms with van der Waals surface area (Å²) in [6, 6.07) is 4.58. The van der Waals surface area contributed by atoms with Crippen LogP contribution in [0.2, 0.25) is 0 Å². The number of carbonyl (C=O) groups excluding carboxylic acids is 1. The number of hydrogen-bond acceptors (Lipinski definition) is 4. The summed E-state index contributed by atoms with van der Waals surface area (Å²) in [7, 11) is 0. The van der Waals surface area contributed by atoms with Crippen molar-refractivity contribution in [3.8, 4) is 5.88 Å². The molecule has 7 heteroatoms. The van der Waals surface area contributed by atoms with Crippen molar-refractivity contribution in [2.24, 2.45) is 5.73 Å². The number of hydrogen-bond donors (Lipinski definition) is 4. The lowest BCUT2D eigenvalue weighted by Crippen LogP contribution is -2.23. The zero-order valence-electron chi connectivity index (χ0n) is 8.18. The minimum Gasteiger partial charge on any atom is -0.495 e. The number of nitrogens with two attached hydrogens (primary N) is 1. The molecule has 1 amide bonds. The van der Waals surface area contributed by atoms with Gasteiger partial charge in [0.05, 0.1) is 0 Å². The standard InChI is InChI=1S/C5H5N3O2.C4H5NO/c6-4(9)3-1-2-7-8-5(3)10;6-4-2-1-3-5-4/h1-2H,(H2,6,9)(H,8,10);1-3,5-6H. The molecule has 0 spiro atoms. The first kappa shape index (κ1) is 11.5. The lowest BCUT2D eigenvalue weighted by Gasteiger charge is -1.88. The molecule has 2 aromatic heterocycles. The van der Waals surface area contributed by atoms with Crippen molar-refractivity contribution in [2.45, 2.75) is 0 Å². The normalized spacial score (nSPS) is 9.00. The van der Waals surface area contributed by atoms with Gasteiger partial charge in [0.15, 0.2) is 5.88 Å². The molecule has 0 aromatic carbocycles. The van der Waals surface area contributed by atoms with E-state index in [1.807, 2.05) is 0 Å². The van der Waals surface area contributed by atoms with E-state index in [2.05, 4.69) is 15.2 Å². The Morgan fingerprint density at radius 1 is 1.44 bits per heavy atom. The molecule has 0 aliphatic heterocycles. The van der Waals surface area contributed by atoms with Crippen LogP contribution in [0.3, 0.4) is 0 Å². The van der Waals surface area contributed by atoms with E-state index in [-0.39, 0.29) is 11.4 Å². The fourth-order valence-corrected chi connectivity index (χ4v) is 0.859. The third kappa shape index (κ3) is 3.29. The van der Waals surface area contributed by atoms with Crippen LogP contribution in [0.4, 0.5) is 0 Å². The SMILES string of the molecule is NC(=O)c1ccn[nH]c1=O.Oc1ccc[nH]1. The van der Waals surface area contributed by atoms with Crippen molar-refractivity contribution in [1.29, 1.82) is 0 Å². The van der Waals surface area contributed by atoms with E-state index in [9.17, 15) is 9.59 Å². The van der Waals surface area contributed by atoms with Crippen LogP contribution in [0.25, 0.3) is 0 Å². The largest absolute Gasteiger partial charge is 0.495 e. The third-order valence-electron chi connectivity index (χ3n) is 1.57. The number of nitrogens with one attached hydrogen (secondary N) is 2. The summed E-state index contributed by atoms with van der Waals surface area (Å²) < 4.78 is 0. The monoisotopic (exact) mass is 222 g/mol. The summed E-state index contributed by atoms with van der Waals surface area (Å²) in [5, 5.41) is 13.9. The van der Waals surface area contributed by atoms with Crippen LogP contribution in [0.1, 0.15) is 10.4 Å². The van der Waals surface area contributed by atoms with Crippen LogP contribution in [0.5, 0.6) is 5.88 Å². The number of aromatic hydroxyl groups is 1. The number of aromatic amines is 2. The Bertz CT molecular complexity index is 503. The van der Waals surface area contributed by atoms with E-state index in [1.54, 1.807) is 18.3 Å². The van der Waals surface area contributed by atoms with Gasteiger partial charge in [0.1, 0.15) is 5.56 Å². The minimum atomic E-state index is -0.747. The molecule has 16 heavy (non-hydrogen) atoms. The van der Waals surface area contributed by atoms with Crippen molar-refractivity contribution in [2.75, 3.05) is 0 Å². The molecule has 2 aromatic rings. The molecule has 0 saturated carbocycles. The quantitative estimate of drug-likeness (QED) is 0.523. The zero-order chi connectivity index (χ0) is 12.0. The van der Waals surface area contributed by atoms with Crippen molar-refractivity contribution < 1.29 is 9.90 Å². The summed E-state index contributed by atoms with van der Waals surface area (Å²) in [6.45, 7) is 0. The molecule has 84 valence electrons. The molecule has 0 unspecified atom stereocenters. The van der Waals surface area contributed by atoms with E-state index in [0.29, 0.717) is 0 Å². The van der Waals surface area contributed by atoms with E-state index in [4.69, 9.17) is 10.8 Å². The van der Waals surface area contributed by atoms with Gasteiger partial charge in [-0.05, 0) is 18.2 Å². The Labute approximate surface area is 89.9 Å². The van der Waals surface area contributed by atoms with Crippen molar-refractivity contribution >= 4 is 5.91 Å². The highest BCUT2D eigenvalue weighted by molar-refractivity contribution is 5.92. The number of H-pyrrole nitrogens is 2. The first-order chi connectivity index (χ1) is 7.61. The molecule has 0 saturated heterocycles. The summed E-state index contributed by atoms with van der Waals surface area (Å²) in [5.41, 5.74) is 4.19. The van der Waals surface area contributed by atoms with Gasteiger partial charge in [-0.2, -0.15) is 5.10 Å². The lowest BCUT2D eigenvalue weighted by atomic mass is 10.3. The summed E-state index contributed by atoms with van der Waals surface area (Å²) in [6.07, 6.45) is 2.96. The molecular formula is C9H10N4O3. The fraction of sp³-hybridized carbons (Fsp3) is 0. The Morgan fingerprint density at radius 2 is 2.19 bits per heavy atom. The number of rotatable bonds is 1. The summed E-state index contributed by atoms with van der Waals surface area (Å²) in [5.74, 6) is -0.529. The van der Waals surface area contributed by atoms with E-state index in [0.717, 1.165) is 0 Å². The highest BCUT2D eigenvalue weighted by Gasteiger charge is 2.02. The first-order valence-electron chi connectivity index (χ1n) is 4.27. The molecule has 7 nitrogen and oxygen atoms in total. The number of aromatic nitrogens is 3. The molecule has 0 aliphatic carbocycles. The van der Waals surface area contributed by atoms with Crippen LogP contribution in [-0.2, 0) is 0 Å². The predicted octanol–water partition coefficient (Wildman–Crippen LogP) is -0.411. The van der Waals surface area contributed by atoms with Gasteiger partial charge in [0, 0.05) is 12.4 Å². The second-order valence-electron chi connectivity index (χ2n) is 2.72. The first-order valence-corrected chi connectivity index (χ1v) is 4.27. The zero-order valence-corrected chi connectivity index (χ0v) is 8.18. The maximum Gasteiger partial charge on any atom is 0.277 e. The van der Waals surface area contributed by atoms with Crippen LogP contribution >= 0.6 is 0 Å². The predicted molar refractivity (Wildman–Crippen MR) is 55.8 cm³/mol. The molecule has 0 radical (unpaired) electrons. The van der Waals surface area contributed by atoms with Gasteiger partial charge in [-0.25, -0.2) is 5.10 Å². The van der Waals surface area contributed by atoms with Crippen molar-refractivity contribution in [3.63, 3.8) is 0 Å². The second kappa shape index (κ2) is 5.35. The van der Waals surface area contributed by atoms with Gasteiger partial charge >= 0.3 is 0 Å². The highest BCUT2D eigenvalue weighted by Crippen LogP contribution is 1.97. The number of primary amides is 1. The molecule has 2 heterocycles. The molecular weight excluding hydrogens is 212 g/mol. The number of nitrogens with zero attached hydrogens (tertiary/aromatic N) is 1. The molecule has 0 aliphatic rings. The Balaban J connectivity index is 0.000000181. The van der Waals surface area contributed by atoms with Crippen LogP contribution < -0.4 is 11.3 Å². The van der Waals surface area contributed by atoms with E-state index >= 15 is 0 Å². The van der Waals surface area contributed by atoms with Gasteiger partial charge < -0.3 is 15.8 Å². The Morgan fingerprint density at radius 3 is 2.50 bits per heavy atom. The topological polar surface area (TPSA) is 125 Å². The highest BCUT2D eigenvalue weighted by atomic mass is 16.3. The Hall–Kier alpha value is -2.57. The fourth-order valence-electron chi connectivity index (χ4n) is 0.859. The molecule has 5 N–H and O–H groups in total. The van der Waals surface area contributed by atoms with Gasteiger partial charge in [0.2, 0.25) is 0 Å². The smallest absolute Gasteiger partial charge is 0.277 e. The van der Waals surface area contributed by atoms with Gasteiger partial charge in [-0.3, -0.25) is 9.59 Å². The number of carbonyl (C=O) groups is 1. The second-order valence-corrected chi connectivity index (χ2v) is 2.72. The third-order valence-corrected chi connectivity index (χ3v) is 1.57. The molecule has 0 atom stereocenters. The average molecular weight is 222 g/mol.